The van der Waals surface area contributed by atoms with Gasteiger partial charge in [-0.05, 0) is 41.1 Å². The zero-order chi connectivity index (χ0) is 18.3. The third kappa shape index (κ3) is 2.60. The van der Waals surface area contributed by atoms with Gasteiger partial charge in [0.15, 0.2) is 0 Å². The predicted molar refractivity (Wildman–Crippen MR) is 97.2 cm³/mol. The topological polar surface area (TPSA) is 91.3 Å². The van der Waals surface area contributed by atoms with Gasteiger partial charge >= 0.3 is 6.03 Å². The van der Waals surface area contributed by atoms with E-state index in [0.717, 1.165) is 21.9 Å². The van der Waals surface area contributed by atoms with Gasteiger partial charge in [0.25, 0.3) is 5.91 Å². The largest absolute Gasteiger partial charge is 0.385 e. The number of aliphatic hydroxyl groups excluding tert-OH is 1. The molecule has 130 valence electrons. The lowest BCUT2D eigenvalue weighted by Crippen LogP contribution is -2.49. The molecular formula is C20H17N3O3. The number of aromatic nitrogens is 1. The van der Waals surface area contributed by atoms with Crippen LogP contribution in [0.25, 0.3) is 21.9 Å². The van der Waals surface area contributed by atoms with Gasteiger partial charge in [-0.2, -0.15) is 0 Å². The minimum Gasteiger partial charge on any atom is -0.385 e. The summed E-state index contributed by atoms with van der Waals surface area (Å²) in [5, 5.41) is 17.4. The maximum absolute atomic E-state index is 12.0. The highest BCUT2D eigenvalue weighted by Gasteiger charge is 2.48. The van der Waals surface area contributed by atoms with Crippen LogP contribution in [0.2, 0.25) is 0 Å². The van der Waals surface area contributed by atoms with Crippen LogP contribution in [-0.4, -0.2) is 27.6 Å². The van der Waals surface area contributed by atoms with Crippen molar-refractivity contribution >= 4 is 22.7 Å². The van der Waals surface area contributed by atoms with E-state index in [2.05, 4.69) is 21.7 Å². The highest BCUT2D eigenvalue weighted by Crippen LogP contribution is 2.31. The average molecular weight is 347 g/mol. The molecule has 2 aromatic carbocycles. The molecule has 0 saturated carbocycles. The van der Waals surface area contributed by atoms with E-state index in [1.165, 1.54) is 6.92 Å². The first-order valence-corrected chi connectivity index (χ1v) is 8.23. The second-order valence-corrected chi connectivity index (χ2v) is 6.57. The number of carbonyl (C=O) groups is 2. The van der Waals surface area contributed by atoms with Crippen LogP contribution in [0.3, 0.4) is 0 Å². The van der Waals surface area contributed by atoms with Crippen molar-refractivity contribution in [1.29, 1.82) is 0 Å². The van der Waals surface area contributed by atoms with Gasteiger partial charge < -0.3 is 10.4 Å². The summed E-state index contributed by atoms with van der Waals surface area (Å²) in [6.45, 7) is 1.50. The van der Waals surface area contributed by atoms with E-state index >= 15 is 0 Å². The fourth-order valence-electron chi connectivity index (χ4n) is 3.20. The summed E-state index contributed by atoms with van der Waals surface area (Å²) in [5.74, 6) is -0.540. The zero-order valence-electron chi connectivity index (χ0n) is 14.1. The van der Waals surface area contributed by atoms with E-state index in [-0.39, 0.29) is 0 Å². The Labute approximate surface area is 149 Å². The standard InChI is InChI=1S/C20H17N3O3/c1-20(18(25)22-19(26)23-20)17(24)13-4-2-12(3-5-13)14-6-7-16-11-21-9-8-15(16)10-14/h2-11,17,24H,1H3,(H2,22,23,25,26)/t17-,20-/m1/s1. The maximum atomic E-state index is 12.0. The average Bonchev–Trinajstić information content (AvgIpc) is 2.93. The number of pyridine rings is 1. The number of nitrogens with one attached hydrogen (secondary N) is 2. The lowest BCUT2D eigenvalue weighted by molar-refractivity contribution is -0.127. The molecular weight excluding hydrogens is 330 g/mol. The molecule has 4 rings (SSSR count). The van der Waals surface area contributed by atoms with Crippen molar-refractivity contribution in [3.8, 4) is 11.1 Å². The third-order valence-electron chi connectivity index (χ3n) is 4.82. The molecule has 0 spiro atoms. The summed E-state index contributed by atoms with van der Waals surface area (Å²) in [7, 11) is 0. The number of urea groups is 1. The quantitative estimate of drug-likeness (QED) is 0.635. The molecule has 6 heteroatoms. The lowest BCUT2D eigenvalue weighted by atomic mass is 9.88. The van der Waals surface area contributed by atoms with Gasteiger partial charge in [0.05, 0.1) is 0 Å². The van der Waals surface area contributed by atoms with Crippen LogP contribution >= 0.6 is 0 Å². The van der Waals surface area contributed by atoms with Crippen molar-refractivity contribution < 1.29 is 14.7 Å². The predicted octanol–water partition coefficient (Wildman–Crippen LogP) is 2.53. The van der Waals surface area contributed by atoms with E-state index in [1.807, 2.05) is 36.5 Å². The second kappa shape index (κ2) is 5.93. The van der Waals surface area contributed by atoms with E-state index < -0.39 is 23.6 Å². The molecule has 3 amide bonds. The second-order valence-electron chi connectivity index (χ2n) is 6.57. The molecule has 1 saturated heterocycles. The molecule has 0 bridgehead atoms. The summed E-state index contributed by atoms with van der Waals surface area (Å²) in [4.78, 5) is 27.5. The Morgan fingerprint density at radius 3 is 2.42 bits per heavy atom. The van der Waals surface area contributed by atoms with Crippen LogP contribution in [0.15, 0.2) is 60.9 Å². The number of rotatable bonds is 3. The minimum atomic E-state index is -1.38. The summed E-state index contributed by atoms with van der Waals surface area (Å²) in [6, 6.07) is 14.8. The van der Waals surface area contributed by atoms with Crippen molar-refractivity contribution in [3.05, 3.63) is 66.5 Å². The van der Waals surface area contributed by atoms with E-state index in [1.54, 1.807) is 18.3 Å². The fourth-order valence-corrected chi connectivity index (χ4v) is 3.20. The molecule has 0 unspecified atom stereocenters. The number of hydrogen-bond acceptors (Lipinski definition) is 4. The van der Waals surface area contributed by atoms with Crippen molar-refractivity contribution in [3.63, 3.8) is 0 Å². The molecule has 1 aliphatic heterocycles. The van der Waals surface area contributed by atoms with Gasteiger partial charge in [-0.25, -0.2) is 4.79 Å². The third-order valence-corrected chi connectivity index (χ3v) is 4.82. The molecule has 0 aliphatic carbocycles. The maximum Gasteiger partial charge on any atom is 0.322 e. The van der Waals surface area contributed by atoms with Gasteiger partial charge in [0, 0.05) is 17.8 Å². The van der Waals surface area contributed by atoms with Crippen LogP contribution in [0.4, 0.5) is 4.79 Å². The molecule has 0 radical (unpaired) electrons. The number of hydrogen-bond donors (Lipinski definition) is 3. The number of nitrogens with zero attached hydrogens (tertiary/aromatic N) is 1. The van der Waals surface area contributed by atoms with Crippen molar-refractivity contribution in [2.24, 2.45) is 0 Å². The number of amides is 3. The molecule has 6 nitrogen and oxygen atoms in total. The highest BCUT2D eigenvalue weighted by molar-refractivity contribution is 6.07. The zero-order valence-corrected chi connectivity index (χ0v) is 14.1. The van der Waals surface area contributed by atoms with Crippen LogP contribution < -0.4 is 10.6 Å². The van der Waals surface area contributed by atoms with Crippen LogP contribution in [0.1, 0.15) is 18.6 Å². The monoisotopic (exact) mass is 347 g/mol. The smallest absolute Gasteiger partial charge is 0.322 e. The molecule has 26 heavy (non-hydrogen) atoms. The molecule has 3 N–H and O–H groups in total. The first-order chi connectivity index (χ1) is 12.5. The number of carbonyl (C=O) groups excluding carboxylic acids is 2. The van der Waals surface area contributed by atoms with Gasteiger partial charge in [-0.1, -0.05) is 36.4 Å². The van der Waals surface area contributed by atoms with E-state index in [0.29, 0.717) is 5.56 Å². The Morgan fingerprint density at radius 1 is 1.00 bits per heavy atom. The Bertz CT molecular complexity index is 1020. The van der Waals surface area contributed by atoms with Gasteiger partial charge in [-0.15, -0.1) is 0 Å². The molecule has 2 heterocycles. The first kappa shape index (κ1) is 16.2. The Morgan fingerprint density at radius 2 is 1.73 bits per heavy atom. The first-order valence-electron chi connectivity index (χ1n) is 8.23. The molecule has 1 aliphatic rings. The van der Waals surface area contributed by atoms with E-state index in [4.69, 9.17) is 0 Å². The van der Waals surface area contributed by atoms with Crippen molar-refractivity contribution in [2.45, 2.75) is 18.6 Å². The summed E-state index contributed by atoms with van der Waals surface area (Å²) < 4.78 is 0. The Balaban J connectivity index is 1.64. The van der Waals surface area contributed by atoms with Gasteiger partial charge in [-0.3, -0.25) is 15.1 Å². The summed E-state index contributed by atoms with van der Waals surface area (Å²) in [6.07, 6.45) is 2.43. The summed E-state index contributed by atoms with van der Waals surface area (Å²) in [5.41, 5.74) is 1.21. The molecule has 1 aromatic heterocycles. The number of fused-ring (bicyclic) bond motifs is 1. The SMILES string of the molecule is C[C@]1([C@H](O)c2ccc(-c3ccc4cnccc4c3)cc2)NC(=O)NC1=O. The van der Waals surface area contributed by atoms with Crippen LogP contribution in [0, 0.1) is 0 Å². The highest BCUT2D eigenvalue weighted by atomic mass is 16.3. The normalized spacial score (nSPS) is 20.7. The Hall–Kier alpha value is -3.25. The minimum absolute atomic E-state index is 0.540. The molecule has 1 fully saturated rings. The van der Waals surface area contributed by atoms with Crippen molar-refractivity contribution in [1.82, 2.24) is 15.6 Å². The van der Waals surface area contributed by atoms with Crippen LogP contribution in [0.5, 0.6) is 0 Å². The van der Waals surface area contributed by atoms with Gasteiger partial charge in [0.2, 0.25) is 0 Å². The van der Waals surface area contributed by atoms with Gasteiger partial charge in [0.1, 0.15) is 11.6 Å². The van der Waals surface area contributed by atoms with Crippen LogP contribution in [-0.2, 0) is 4.79 Å². The van der Waals surface area contributed by atoms with Crippen molar-refractivity contribution in [2.75, 3.05) is 0 Å². The van der Waals surface area contributed by atoms with E-state index in [9.17, 15) is 14.7 Å². The molecule has 3 aromatic rings. The summed E-state index contributed by atoms with van der Waals surface area (Å²) >= 11 is 0. The number of benzene rings is 2. The lowest BCUT2D eigenvalue weighted by Gasteiger charge is -2.27. The number of aliphatic hydroxyl groups is 1. The number of imide groups is 1. The Kier molecular flexibility index (Phi) is 3.70. The molecule has 2 atom stereocenters. The fraction of sp³-hybridized carbons (Fsp3) is 0.150.